The number of rotatable bonds is 8. The molecule has 5 nitrogen and oxygen atoms in total. The monoisotopic (exact) mass is 305 g/mol. The largest absolute Gasteiger partial charge is 0.480 e. The van der Waals surface area contributed by atoms with Crippen LogP contribution in [0.3, 0.4) is 0 Å². The number of carboxylic acid groups (broad SMARTS) is 1. The van der Waals surface area contributed by atoms with E-state index in [1.165, 1.54) is 0 Å². The number of nitrogens with two attached hydrogens (primary N) is 1. The Kier molecular flexibility index (Phi) is 5.19. The van der Waals surface area contributed by atoms with Gasteiger partial charge in [0, 0.05) is 12.8 Å². The van der Waals surface area contributed by atoms with Crippen molar-refractivity contribution in [3.63, 3.8) is 0 Å². The van der Waals surface area contributed by atoms with E-state index in [1.54, 1.807) is 0 Å². The van der Waals surface area contributed by atoms with Crippen molar-refractivity contribution in [1.29, 1.82) is 0 Å². The highest BCUT2D eigenvalue weighted by Gasteiger charge is 2.46. The van der Waals surface area contributed by atoms with Crippen molar-refractivity contribution in [2.75, 3.05) is 0 Å². The minimum Gasteiger partial charge on any atom is -0.480 e. The van der Waals surface area contributed by atoms with Crippen LogP contribution in [0.4, 0.5) is 0 Å². The van der Waals surface area contributed by atoms with Crippen molar-refractivity contribution in [3.8, 4) is 0 Å². The molecule has 0 spiro atoms. The first kappa shape index (κ1) is 16.5. The molecule has 0 aromatic heterocycles. The lowest BCUT2D eigenvalue weighted by Gasteiger charge is -2.19. The van der Waals surface area contributed by atoms with E-state index in [9.17, 15) is 9.59 Å². The molecule has 1 aromatic rings. The molecule has 2 atom stereocenters. The van der Waals surface area contributed by atoms with Gasteiger partial charge in [-0.05, 0) is 30.7 Å². The summed E-state index contributed by atoms with van der Waals surface area (Å²) in [6.07, 6.45) is 2.99. The van der Waals surface area contributed by atoms with Gasteiger partial charge in [-0.15, -0.1) is 0 Å². The van der Waals surface area contributed by atoms with Crippen molar-refractivity contribution >= 4 is 11.9 Å². The Balaban J connectivity index is 1.80. The molecule has 0 aliphatic heterocycles. The van der Waals surface area contributed by atoms with Crippen LogP contribution in [0, 0.1) is 5.92 Å². The summed E-state index contributed by atoms with van der Waals surface area (Å²) in [5.41, 5.74) is 6.29. The van der Waals surface area contributed by atoms with Gasteiger partial charge in [-0.1, -0.05) is 37.3 Å². The molecule has 3 N–H and O–H groups in total. The molecule has 1 aromatic carbocycles. The van der Waals surface area contributed by atoms with Gasteiger partial charge in [0.05, 0.1) is 0 Å². The normalized spacial score (nSPS) is 18.3. The number of ether oxygens (including phenoxy) is 1. The van der Waals surface area contributed by atoms with Crippen LogP contribution in [-0.4, -0.2) is 28.7 Å². The van der Waals surface area contributed by atoms with Gasteiger partial charge in [-0.2, -0.15) is 0 Å². The average molecular weight is 305 g/mol. The smallest absolute Gasteiger partial charge is 0.320 e. The molecule has 1 aliphatic carbocycles. The maximum Gasteiger partial charge on any atom is 0.320 e. The minimum absolute atomic E-state index is 0.105. The summed E-state index contributed by atoms with van der Waals surface area (Å²) in [6.45, 7) is 1.82. The molecule has 22 heavy (non-hydrogen) atoms. The van der Waals surface area contributed by atoms with Crippen LogP contribution in [-0.2, 0) is 20.7 Å². The number of aliphatic carboxylic acids is 1. The fourth-order valence-corrected chi connectivity index (χ4v) is 2.61. The SMILES string of the molecule is CC(CC(=O)OC1(Cc2ccccc2)CC1)C[C@H](N)C(=O)O. The van der Waals surface area contributed by atoms with Gasteiger partial charge in [-0.25, -0.2) is 0 Å². The van der Waals surface area contributed by atoms with Gasteiger partial charge in [-0.3, -0.25) is 9.59 Å². The van der Waals surface area contributed by atoms with Gasteiger partial charge < -0.3 is 15.6 Å². The third-order valence-corrected chi connectivity index (χ3v) is 4.00. The zero-order chi connectivity index (χ0) is 16.2. The standard InChI is InChI=1S/C17H23NO4/c1-12(9-14(18)16(20)21)10-15(19)22-17(7-8-17)11-13-5-3-2-4-6-13/h2-6,12,14H,7-11,18H2,1H3,(H,20,21)/t12?,14-/m0/s1. The van der Waals surface area contributed by atoms with Crippen molar-refractivity contribution in [2.45, 2.75) is 50.7 Å². The lowest BCUT2D eigenvalue weighted by atomic mass is 9.99. The number of hydrogen-bond donors (Lipinski definition) is 2. The molecule has 0 saturated heterocycles. The summed E-state index contributed by atoms with van der Waals surface area (Å²) in [4.78, 5) is 22.8. The van der Waals surface area contributed by atoms with E-state index >= 15 is 0 Å². The highest BCUT2D eigenvalue weighted by atomic mass is 16.6. The fourth-order valence-electron chi connectivity index (χ4n) is 2.61. The van der Waals surface area contributed by atoms with Gasteiger partial charge in [0.15, 0.2) is 0 Å². The Morgan fingerprint density at radius 3 is 2.50 bits per heavy atom. The maximum atomic E-state index is 12.0. The van der Waals surface area contributed by atoms with E-state index in [2.05, 4.69) is 0 Å². The summed E-state index contributed by atoms with van der Waals surface area (Å²) in [5, 5.41) is 8.78. The third-order valence-electron chi connectivity index (χ3n) is 4.00. The van der Waals surface area contributed by atoms with Crippen LogP contribution in [0.25, 0.3) is 0 Å². The first-order chi connectivity index (χ1) is 10.4. The molecular formula is C17H23NO4. The lowest BCUT2D eigenvalue weighted by Crippen LogP contribution is -2.32. The Hall–Kier alpha value is -1.88. The third kappa shape index (κ3) is 4.84. The molecule has 0 amide bonds. The average Bonchev–Trinajstić information content (AvgIpc) is 3.18. The second kappa shape index (κ2) is 6.92. The Labute approximate surface area is 130 Å². The van der Waals surface area contributed by atoms with Gasteiger partial charge in [0.1, 0.15) is 11.6 Å². The van der Waals surface area contributed by atoms with E-state index < -0.39 is 12.0 Å². The number of esters is 1. The first-order valence-electron chi connectivity index (χ1n) is 7.64. The molecule has 0 heterocycles. The number of benzene rings is 1. The highest BCUT2D eigenvalue weighted by molar-refractivity contribution is 5.73. The molecule has 1 aliphatic rings. The summed E-state index contributed by atoms with van der Waals surface area (Å²) < 4.78 is 5.64. The van der Waals surface area contributed by atoms with E-state index in [1.807, 2.05) is 37.3 Å². The highest BCUT2D eigenvalue weighted by Crippen LogP contribution is 2.43. The van der Waals surface area contributed by atoms with Gasteiger partial charge in [0.25, 0.3) is 0 Å². The predicted molar refractivity (Wildman–Crippen MR) is 82.2 cm³/mol. The van der Waals surface area contributed by atoms with Crippen LogP contribution in [0.15, 0.2) is 30.3 Å². The van der Waals surface area contributed by atoms with Gasteiger partial charge in [0.2, 0.25) is 0 Å². The first-order valence-corrected chi connectivity index (χ1v) is 7.64. The topological polar surface area (TPSA) is 89.6 Å². The summed E-state index contributed by atoms with van der Waals surface area (Å²) >= 11 is 0. The molecule has 0 bridgehead atoms. The minimum atomic E-state index is -1.04. The molecule has 1 fully saturated rings. The molecule has 5 heteroatoms. The number of carbonyl (C=O) groups excluding carboxylic acids is 1. The van der Waals surface area contributed by atoms with Crippen LogP contribution in [0.2, 0.25) is 0 Å². The zero-order valence-electron chi connectivity index (χ0n) is 12.8. The summed E-state index contributed by atoms with van der Waals surface area (Å²) in [6, 6.07) is 9.04. The summed E-state index contributed by atoms with van der Waals surface area (Å²) in [7, 11) is 0. The van der Waals surface area contributed by atoms with E-state index in [0.717, 1.165) is 24.8 Å². The molecule has 1 saturated carbocycles. The van der Waals surface area contributed by atoms with E-state index in [4.69, 9.17) is 15.6 Å². The number of carbonyl (C=O) groups is 2. The summed E-state index contributed by atoms with van der Waals surface area (Å²) in [5.74, 6) is -1.41. The van der Waals surface area contributed by atoms with Crippen LogP contribution >= 0.6 is 0 Å². The fraction of sp³-hybridized carbons (Fsp3) is 0.529. The molecular weight excluding hydrogens is 282 g/mol. The van der Waals surface area contributed by atoms with Crippen LogP contribution in [0.5, 0.6) is 0 Å². The maximum absolute atomic E-state index is 12.0. The van der Waals surface area contributed by atoms with Gasteiger partial charge >= 0.3 is 11.9 Å². The Morgan fingerprint density at radius 1 is 1.32 bits per heavy atom. The number of carboxylic acids is 1. The van der Waals surface area contributed by atoms with E-state index in [-0.39, 0.29) is 30.3 Å². The molecule has 1 unspecified atom stereocenters. The van der Waals surface area contributed by atoms with Crippen LogP contribution in [0.1, 0.15) is 38.2 Å². The molecule has 2 rings (SSSR count). The quantitative estimate of drug-likeness (QED) is 0.718. The predicted octanol–water partition coefficient (Wildman–Crippen LogP) is 2.13. The van der Waals surface area contributed by atoms with Crippen molar-refractivity contribution in [2.24, 2.45) is 11.7 Å². The van der Waals surface area contributed by atoms with Crippen molar-refractivity contribution in [1.82, 2.24) is 0 Å². The zero-order valence-corrected chi connectivity index (χ0v) is 12.8. The molecule has 120 valence electrons. The Morgan fingerprint density at radius 2 is 1.95 bits per heavy atom. The number of hydrogen-bond acceptors (Lipinski definition) is 4. The Bertz CT molecular complexity index is 525. The second-order valence-electron chi connectivity index (χ2n) is 6.31. The van der Waals surface area contributed by atoms with Crippen molar-refractivity contribution in [3.05, 3.63) is 35.9 Å². The van der Waals surface area contributed by atoms with Crippen LogP contribution < -0.4 is 5.73 Å². The lowest BCUT2D eigenvalue weighted by molar-refractivity contribution is -0.152. The van der Waals surface area contributed by atoms with Crippen molar-refractivity contribution < 1.29 is 19.4 Å². The second-order valence-corrected chi connectivity index (χ2v) is 6.31. The molecule has 0 radical (unpaired) electrons. The van der Waals surface area contributed by atoms with E-state index in [0.29, 0.717) is 0 Å².